The summed E-state index contributed by atoms with van der Waals surface area (Å²) in [5.41, 5.74) is 1.29. The molecule has 0 spiro atoms. The van der Waals surface area contributed by atoms with E-state index in [2.05, 4.69) is 34.5 Å². The molecule has 0 unspecified atom stereocenters. The molecule has 3 rings (SSSR count). The molecule has 1 aromatic carbocycles. The second kappa shape index (κ2) is 4.96. The monoisotopic (exact) mass is 232 g/mol. The van der Waals surface area contributed by atoms with Gasteiger partial charge in [0.05, 0.1) is 6.61 Å². The van der Waals surface area contributed by atoms with E-state index in [4.69, 9.17) is 4.74 Å². The molecule has 17 heavy (non-hydrogen) atoms. The SMILES string of the molecule is c1cc(OCC2CC2)cc(N2CCNCC2)c1. The minimum Gasteiger partial charge on any atom is -0.493 e. The van der Waals surface area contributed by atoms with E-state index in [-0.39, 0.29) is 0 Å². The second-order valence-corrected chi connectivity index (χ2v) is 4.99. The van der Waals surface area contributed by atoms with E-state index in [1.165, 1.54) is 18.5 Å². The fraction of sp³-hybridized carbons (Fsp3) is 0.571. The van der Waals surface area contributed by atoms with Crippen molar-refractivity contribution < 1.29 is 4.74 Å². The Morgan fingerprint density at radius 3 is 2.82 bits per heavy atom. The highest BCUT2D eigenvalue weighted by Crippen LogP contribution is 2.30. The maximum absolute atomic E-state index is 5.82. The lowest BCUT2D eigenvalue weighted by Crippen LogP contribution is -2.43. The molecule has 3 nitrogen and oxygen atoms in total. The lowest BCUT2D eigenvalue weighted by Gasteiger charge is -2.29. The molecule has 2 fully saturated rings. The van der Waals surface area contributed by atoms with Crippen molar-refractivity contribution in [2.24, 2.45) is 5.92 Å². The van der Waals surface area contributed by atoms with E-state index in [0.29, 0.717) is 0 Å². The summed E-state index contributed by atoms with van der Waals surface area (Å²) < 4.78 is 5.82. The van der Waals surface area contributed by atoms with Crippen LogP contribution in [0.3, 0.4) is 0 Å². The van der Waals surface area contributed by atoms with Gasteiger partial charge in [-0.1, -0.05) is 6.07 Å². The van der Waals surface area contributed by atoms with Gasteiger partial charge in [-0.2, -0.15) is 0 Å². The Bertz CT molecular complexity index is 370. The fourth-order valence-electron chi connectivity index (χ4n) is 2.19. The predicted octanol–water partition coefficient (Wildman–Crippen LogP) is 1.88. The van der Waals surface area contributed by atoms with Crippen molar-refractivity contribution in [2.75, 3.05) is 37.7 Å². The minimum atomic E-state index is 0.817. The first-order valence-electron chi connectivity index (χ1n) is 6.60. The van der Waals surface area contributed by atoms with Crippen LogP contribution in [0.15, 0.2) is 24.3 Å². The number of hydrogen-bond acceptors (Lipinski definition) is 3. The van der Waals surface area contributed by atoms with Crippen LogP contribution in [-0.2, 0) is 0 Å². The standard InChI is InChI=1S/C14H20N2O/c1-2-13(16-8-6-15-7-9-16)10-14(3-1)17-11-12-4-5-12/h1-3,10,12,15H,4-9,11H2. The predicted molar refractivity (Wildman–Crippen MR) is 69.7 cm³/mol. The Hall–Kier alpha value is -1.22. The first-order valence-corrected chi connectivity index (χ1v) is 6.60. The molecule has 3 heteroatoms. The van der Waals surface area contributed by atoms with Crippen molar-refractivity contribution in [3.63, 3.8) is 0 Å². The Morgan fingerprint density at radius 2 is 2.06 bits per heavy atom. The van der Waals surface area contributed by atoms with Gasteiger partial charge in [-0.15, -0.1) is 0 Å². The number of anilines is 1. The quantitative estimate of drug-likeness (QED) is 0.858. The van der Waals surface area contributed by atoms with Crippen molar-refractivity contribution in [1.29, 1.82) is 0 Å². The van der Waals surface area contributed by atoms with Gasteiger partial charge in [-0.3, -0.25) is 0 Å². The highest BCUT2D eigenvalue weighted by atomic mass is 16.5. The second-order valence-electron chi connectivity index (χ2n) is 4.99. The molecule has 1 aliphatic heterocycles. The van der Waals surface area contributed by atoms with Gasteiger partial charge in [-0.05, 0) is 30.9 Å². The molecule has 1 aliphatic carbocycles. The summed E-state index contributed by atoms with van der Waals surface area (Å²) in [7, 11) is 0. The van der Waals surface area contributed by atoms with E-state index >= 15 is 0 Å². The molecule has 1 aromatic rings. The minimum absolute atomic E-state index is 0.817. The molecule has 0 bridgehead atoms. The lowest BCUT2D eigenvalue weighted by atomic mass is 10.2. The van der Waals surface area contributed by atoms with Gasteiger partial charge in [-0.25, -0.2) is 0 Å². The zero-order chi connectivity index (χ0) is 11.5. The van der Waals surface area contributed by atoms with Crippen LogP contribution in [0.25, 0.3) is 0 Å². The molecule has 0 radical (unpaired) electrons. The maximum Gasteiger partial charge on any atom is 0.121 e. The van der Waals surface area contributed by atoms with Crippen LogP contribution >= 0.6 is 0 Å². The molecule has 0 atom stereocenters. The third-order valence-corrected chi connectivity index (χ3v) is 3.48. The Kier molecular flexibility index (Phi) is 3.18. The highest BCUT2D eigenvalue weighted by Gasteiger charge is 2.22. The number of nitrogens with one attached hydrogen (secondary N) is 1. The molecule has 1 saturated heterocycles. The van der Waals surface area contributed by atoms with Gasteiger partial charge < -0.3 is 15.0 Å². The summed E-state index contributed by atoms with van der Waals surface area (Å²) in [4.78, 5) is 2.42. The van der Waals surface area contributed by atoms with Gasteiger partial charge in [0.25, 0.3) is 0 Å². The zero-order valence-corrected chi connectivity index (χ0v) is 10.2. The number of benzene rings is 1. The fourth-order valence-corrected chi connectivity index (χ4v) is 2.19. The van der Waals surface area contributed by atoms with E-state index < -0.39 is 0 Å². The van der Waals surface area contributed by atoms with E-state index in [1.54, 1.807) is 0 Å². The molecule has 92 valence electrons. The molecular formula is C14H20N2O. The summed E-state index contributed by atoms with van der Waals surface area (Å²) in [6.45, 7) is 5.23. The third-order valence-electron chi connectivity index (χ3n) is 3.48. The maximum atomic E-state index is 5.82. The summed E-state index contributed by atoms with van der Waals surface area (Å²) >= 11 is 0. The van der Waals surface area contributed by atoms with Crippen LogP contribution in [0.2, 0.25) is 0 Å². The smallest absolute Gasteiger partial charge is 0.121 e. The Morgan fingerprint density at radius 1 is 1.24 bits per heavy atom. The normalized spacial score (nSPS) is 20.4. The average Bonchev–Trinajstić information content (AvgIpc) is 3.22. The largest absolute Gasteiger partial charge is 0.493 e. The molecule has 0 aromatic heterocycles. The molecule has 0 amide bonds. The Labute approximate surface area is 103 Å². The summed E-state index contributed by atoms with van der Waals surface area (Å²) in [5.74, 6) is 1.84. The van der Waals surface area contributed by atoms with Crippen LogP contribution < -0.4 is 15.0 Å². The first-order chi connectivity index (χ1) is 8.42. The molecular weight excluding hydrogens is 212 g/mol. The summed E-state index contributed by atoms with van der Waals surface area (Å²) in [5, 5.41) is 3.37. The average molecular weight is 232 g/mol. The number of nitrogens with zero attached hydrogens (tertiary/aromatic N) is 1. The number of hydrogen-bond donors (Lipinski definition) is 1. The summed E-state index contributed by atoms with van der Waals surface area (Å²) in [6, 6.07) is 8.51. The number of ether oxygens (including phenoxy) is 1. The van der Waals surface area contributed by atoms with Crippen molar-refractivity contribution in [2.45, 2.75) is 12.8 Å². The molecule has 2 aliphatic rings. The van der Waals surface area contributed by atoms with Crippen molar-refractivity contribution in [3.05, 3.63) is 24.3 Å². The van der Waals surface area contributed by atoms with Crippen LogP contribution in [0.1, 0.15) is 12.8 Å². The highest BCUT2D eigenvalue weighted by molar-refractivity contribution is 5.51. The molecule has 1 heterocycles. The van der Waals surface area contributed by atoms with Crippen molar-refractivity contribution in [3.8, 4) is 5.75 Å². The topological polar surface area (TPSA) is 24.5 Å². The van der Waals surface area contributed by atoms with Gasteiger partial charge in [0, 0.05) is 37.9 Å². The number of piperazine rings is 1. The molecule has 1 N–H and O–H groups in total. The number of rotatable bonds is 4. The molecule has 1 saturated carbocycles. The van der Waals surface area contributed by atoms with Crippen LogP contribution in [0.4, 0.5) is 5.69 Å². The van der Waals surface area contributed by atoms with Gasteiger partial charge in [0.2, 0.25) is 0 Å². The van der Waals surface area contributed by atoms with Crippen molar-refractivity contribution in [1.82, 2.24) is 5.32 Å². The van der Waals surface area contributed by atoms with E-state index in [9.17, 15) is 0 Å². The van der Waals surface area contributed by atoms with Gasteiger partial charge >= 0.3 is 0 Å². The van der Waals surface area contributed by atoms with Gasteiger partial charge in [0.1, 0.15) is 5.75 Å². The third kappa shape index (κ3) is 2.91. The lowest BCUT2D eigenvalue weighted by molar-refractivity contribution is 0.300. The first kappa shape index (κ1) is 10.9. The zero-order valence-electron chi connectivity index (χ0n) is 10.2. The van der Waals surface area contributed by atoms with Crippen LogP contribution in [0.5, 0.6) is 5.75 Å². The van der Waals surface area contributed by atoms with Crippen LogP contribution in [0, 0.1) is 5.92 Å². The Balaban J connectivity index is 1.64. The van der Waals surface area contributed by atoms with E-state index in [0.717, 1.165) is 44.5 Å². The summed E-state index contributed by atoms with van der Waals surface area (Å²) in [6.07, 6.45) is 2.69. The van der Waals surface area contributed by atoms with Crippen LogP contribution in [-0.4, -0.2) is 32.8 Å². The van der Waals surface area contributed by atoms with Gasteiger partial charge in [0.15, 0.2) is 0 Å². The van der Waals surface area contributed by atoms with Crippen molar-refractivity contribution >= 4 is 5.69 Å². The van der Waals surface area contributed by atoms with E-state index in [1.807, 2.05) is 0 Å².